The van der Waals surface area contributed by atoms with E-state index in [2.05, 4.69) is 4.98 Å². The van der Waals surface area contributed by atoms with E-state index in [0.29, 0.717) is 7.27 Å². The number of halogens is 4. The van der Waals surface area contributed by atoms with E-state index in [0.717, 1.165) is 5.69 Å². The molecule has 0 unspecified atom stereocenters. The average Bonchev–Trinajstić information content (AvgIpc) is 1.82. The Morgan fingerprint density at radius 3 is 2.42 bits per heavy atom. The summed E-state index contributed by atoms with van der Waals surface area (Å²) in [6.07, 6.45) is -2.43. The quantitative estimate of drug-likeness (QED) is 0.524. The summed E-state index contributed by atoms with van der Waals surface area (Å²) in [5.41, 5.74) is 0.815. The van der Waals surface area contributed by atoms with E-state index >= 15 is 0 Å². The van der Waals surface area contributed by atoms with Gasteiger partial charge < -0.3 is 0 Å². The van der Waals surface area contributed by atoms with Crippen molar-refractivity contribution < 1.29 is 8.78 Å². The standard InChI is InChI=1S/C7H5F2I2N/c1-3-2-4(10)5(6(8)9)7(11)12-3/h2,6H,1H3. The fourth-order valence-corrected chi connectivity index (χ4v) is 3.17. The largest absolute Gasteiger partial charge is 0.267 e. The first kappa shape index (κ1) is 10.6. The first-order valence-corrected chi connectivity index (χ1v) is 5.29. The summed E-state index contributed by atoms with van der Waals surface area (Å²) in [4.78, 5) is 3.96. The molecular weight excluding hydrogens is 390 g/mol. The zero-order valence-corrected chi connectivity index (χ0v) is 10.4. The highest BCUT2D eigenvalue weighted by atomic mass is 127. The van der Waals surface area contributed by atoms with Gasteiger partial charge in [0.25, 0.3) is 6.43 Å². The van der Waals surface area contributed by atoms with Gasteiger partial charge in [-0.15, -0.1) is 0 Å². The van der Waals surface area contributed by atoms with Crippen LogP contribution in [0.15, 0.2) is 6.07 Å². The minimum atomic E-state index is -2.43. The van der Waals surface area contributed by atoms with Crippen LogP contribution < -0.4 is 0 Å². The van der Waals surface area contributed by atoms with Gasteiger partial charge in [0.2, 0.25) is 0 Å². The minimum Gasteiger partial charge on any atom is -0.247 e. The Balaban J connectivity index is 3.28. The number of aromatic nitrogens is 1. The monoisotopic (exact) mass is 395 g/mol. The van der Waals surface area contributed by atoms with Gasteiger partial charge in [0.1, 0.15) is 3.70 Å². The lowest BCUT2D eigenvalue weighted by molar-refractivity contribution is 0.149. The second kappa shape index (κ2) is 4.12. The van der Waals surface area contributed by atoms with E-state index in [4.69, 9.17) is 0 Å². The number of alkyl halides is 2. The van der Waals surface area contributed by atoms with E-state index in [1.54, 1.807) is 13.0 Å². The zero-order valence-electron chi connectivity index (χ0n) is 6.11. The van der Waals surface area contributed by atoms with E-state index in [1.807, 2.05) is 45.2 Å². The fourth-order valence-electron chi connectivity index (χ4n) is 0.801. The van der Waals surface area contributed by atoms with Crippen molar-refractivity contribution in [1.29, 1.82) is 0 Å². The van der Waals surface area contributed by atoms with Crippen LogP contribution in [0.2, 0.25) is 0 Å². The summed E-state index contributed by atoms with van der Waals surface area (Å²) in [6.45, 7) is 1.79. The molecule has 66 valence electrons. The predicted molar refractivity (Wildman–Crippen MR) is 59.4 cm³/mol. The molecule has 1 rings (SSSR count). The van der Waals surface area contributed by atoms with Crippen LogP contribution in [0.25, 0.3) is 0 Å². The molecule has 0 aliphatic carbocycles. The van der Waals surface area contributed by atoms with Crippen LogP contribution in [-0.2, 0) is 0 Å². The molecule has 1 nitrogen and oxygen atoms in total. The summed E-state index contributed by atoms with van der Waals surface area (Å²) in [5, 5.41) is 0. The molecule has 0 N–H and O–H groups in total. The summed E-state index contributed by atoms with van der Waals surface area (Å²) in [5.74, 6) is 0. The Bertz CT molecular complexity index is 278. The van der Waals surface area contributed by atoms with E-state index in [-0.39, 0.29) is 5.56 Å². The lowest BCUT2D eigenvalue weighted by atomic mass is 10.3. The summed E-state index contributed by atoms with van der Waals surface area (Å²) < 4.78 is 25.7. The number of rotatable bonds is 1. The highest BCUT2D eigenvalue weighted by Crippen LogP contribution is 2.28. The lowest BCUT2D eigenvalue weighted by Gasteiger charge is -2.05. The number of pyridine rings is 1. The highest BCUT2D eigenvalue weighted by Gasteiger charge is 2.16. The van der Waals surface area contributed by atoms with Gasteiger partial charge in [-0.1, -0.05) is 0 Å². The van der Waals surface area contributed by atoms with Crippen molar-refractivity contribution in [2.75, 3.05) is 0 Å². The smallest absolute Gasteiger partial charge is 0.247 e. The van der Waals surface area contributed by atoms with Gasteiger partial charge in [-0.3, -0.25) is 0 Å². The van der Waals surface area contributed by atoms with Crippen LogP contribution in [-0.4, -0.2) is 4.98 Å². The molecular formula is C7H5F2I2N. The first-order chi connectivity index (χ1) is 5.52. The molecule has 5 heteroatoms. The second-order valence-electron chi connectivity index (χ2n) is 2.25. The molecule has 1 aromatic rings. The predicted octanol–water partition coefficient (Wildman–Crippen LogP) is 3.54. The molecule has 0 fully saturated rings. The Kier molecular flexibility index (Phi) is 3.62. The molecule has 0 aromatic carbocycles. The summed E-state index contributed by atoms with van der Waals surface area (Å²) >= 11 is 3.73. The van der Waals surface area contributed by atoms with Crippen molar-refractivity contribution >= 4 is 45.2 Å². The van der Waals surface area contributed by atoms with Gasteiger partial charge in [0.05, 0.1) is 5.56 Å². The van der Waals surface area contributed by atoms with Crippen molar-refractivity contribution in [3.63, 3.8) is 0 Å². The molecule has 0 spiro atoms. The van der Waals surface area contributed by atoms with Crippen molar-refractivity contribution in [3.8, 4) is 0 Å². The Morgan fingerprint density at radius 1 is 1.42 bits per heavy atom. The third kappa shape index (κ3) is 2.24. The number of aryl methyl sites for hydroxylation is 1. The maximum atomic E-state index is 12.4. The molecule has 12 heavy (non-hydrogen) atoms. The first-order valence-electron chi connectivity index (χ1n) is 3.13. The molecule has 1 aromatic heterocycles. The van der Waals surface area contributed by atoms with Gasteiger partial charge in [-0.2, -0.15) is 0 Å². The van der Waals surface area contributed by atoms with Crippen LogP contribution in [0.3, 0.4) is 0 Å². The zero-order chi connectivity index (χ0) is 9.30. The molecule has 0 radical (unpaired) electrons. The van der Waals surface area contributed by atoms with E-state index in [1.165, 1.54) is 0 Å². The van der Waals surface area contributed by atoms with E-state index < -0.39 is 6.43 Å². The molecule has 0 saturated heterocycles. The molecule has 0 bridgehead atoms. The summed E-state index contributed by atoms with van der Waals surface area (Å²) in [7, 11) is 0. The fraction of sp³-hybridized carbons (Fsp3) is 0.286. The van der Waals surface area contributed by atoms with Crippen LogP contribution in [0.1, 0.15) is 17.7 Å². The topological polar surface area (TPSA) is 12.9 Å². The normalized spacial score (nSPS) is 10.8. The molecule has 0 atom stereocenters. The molecule has 1 heterocycles. The van der Waals surface area contributed by atoms with Crippen LogP contribution in [0, 0.1) is 14.2 Å². The van der Waals surface area contributed by atoms with Gasteiger partial charge in [0, 0.05) is 9.26 Å². The highest BCUT2D eigenvalue weighted by molar-refractivity contribution is 14.1. The Morgan fingerprint density at radius 2 is 2.00 bits per heavy atom. The molecule has 0 amide bonds. The van der Waals surface area contributed by atoms with Crippen molar-refractivity contribution in [3.05, 3.63) is 24.6 Å². The molecule has 0 aliphatic rings. The van der Waals surface area contributed by atoms with Gasteiger partial charge >= 0.3 is 0 Å². The lowest BCUT2D eigenvalue weighted by Crippen LogP contribution is -1.98. The van der Waals surface area contributed by atoms with Crippen molar-refractivity contribution in [1.82, 2.24) is 4.98 Å². The maximum absolute atomic E-state index is 12.4. The van der Waals surface area contributed by atoms with Crippen LogP contribution in [0.4, 0.5) is 8.78 Å². The van der Waals surface area contributed by atoms with Crippen molar-refractivity contribution in [2.45, 2.75) is 13.3 Å². The third-order valence-electron chi connectivity index (χ3n) is 1.31. The SMILES string of the molecule is Cc1cc(I)c(C(F)F)c(I)n1. The van der Waals surface area contributed by atoms with E-state index in [9.17, 15) is 8.78 Å². The molecule has 0 aliphatic heterocycles. The number of nitrogens with zero attached hydrogens (tertiary/aromatic N) is 1. The Hall–Kier alpha value is 0.470. The average molecular weight is 395 g/mol. The van der Waals surface area contributed by atoms with Gasteiger partial charge in [0.15, 0.2) is 0 Å². The van der Waals surface area contributed by atoms with Gasteiger partial charge in [-0.05, 0) is 58.2 Å². The molecule has 0 saturated carbocycles. The maximum Gasteiger partial charge on any atom is 0.267 e. The van der Waals surface area contributed by atoms with Crippen LogP contribution in [0.5, 0.6) is 0 Å². The number of hydrogen-bond donors (Lipinski definition) is 0. The summed E-state index contributed by atoms with van der Waals surface area (Å²) in [6, 6.07) is 1.66. The van der Waals surface area contributed by atoms with Crippen molar-refractivity contribution in [2.24, 2.45) is 0 Å². The van der Waals surface area contributed by atoms with Crippen LogP contribution >= 0.6 is 45.2 Å². The third-order valence-corrected chi connectivity index (χ3v) is 3.02. The minimum absolute atomic E-state index is 0.0433. The Labute approximate surface area is 96.2 Å². The second-order valence-corrected chi connectivity index (χ2v) is 4.43. The van der Waals surface area contributed by atoms with Gasteiger partial charge in [-0.25, -0.2) is 13.8 Å². The number of hydrogen-bond acceptors (Lipinski definition) is 1.